The second-order valence-corrected chi connectivity index (χ2v) is 2.97. The molecule has 8 heteroatoms. The van der Waals surface area contributed by atoms with E-state index < -0.39 is 47.2 Å². The third-order valence-electron chi connectivity index (χ3n) is 1.91. The molecule has 2 N–H and O–H groups in total. The van der Waals surface area contributed by atoms with Gasteiger partial charge in [-0.2, -0.15) is 0 Å². The third-order valence-corrected chi connectivity index (χ3v) is 1.91. The Kier molecular flexibility index (Phi) is 3.34. The number of hydrogen-bond acceptors (Lipinski definition) is 3. The van der Waals surface area contributed by atoms with E-state index in [1.54, 1.807) is 0 Å². The molecule has 0 radical (unpaired) electrons. The Morgan fingerprint density at radius 3 is 1.62 bits per heavy atom. The third kappa shape index (κ3) is 1.81. The highest BCUT2D eigenvalue weighted by Gasteiger charge is 2.32. The van der Waals surface area contributed by atoms with Crippen LogP contribution < -0.4 is 5.46 Å². The molecule has 0 atom stereocenters. The number of rotatable bonds is 2. The van der Waals surface area contributed by atoms with Crippen molar-refractivity contribution in [3.63, 3.8) is 0 Å². The van der Waals surface area contributed by atoms with Crippen LogP contribution in [0, 0.1) is 23.3 Å². The highest BCUT2D eigenvalue weighted by molar-refractivity contribution is 6.58. The molecule has 86 valence electrons. The summed E-state index contributed by atoms with van der Waals surface area (Å²) in [7, 11) is -2.72. The lowest BCUT2D eigenvalue weighted by Gasteiger charge is -2.09. The molecule has 0 spiro atoms. The van der Waals surface area contributed by atoms with Gasteiger partial charge in [0.25, 0.3) is 0 Å². The van der Waals surface area contributed by atoms with E-state index in [2.05, 4.69) is 0 Å². The lowest BCUT2D eigenvalue weighted by Crippen LogP contribution is -2.38. The van der Waals surface area contributed by atoms with Crippen molar-refractivity contribution in [2.75, 3.05) is 0 Å². The summed E-state index contributed by atoms with van der Waals surface area (Å²) >= 11 is 0. The molecule has 0 aliphatic rings. The van der Waals surface area contributed by atoms with Crippen LogP contribution in [-0.2, 0) is 0 Å². The van der Waals surface area contributed by atoms with Crippen LogP contribution >= 0.6 is 0 Å². The Balaban J connectivity index is 3.70. The largest absolute Gasteiger partial charge is 0.494 e. The van der Waals surface area contributed by atoms with Crippen LogP contribution in [0.4, 0.5) is 17.6 Å². The molecule has 1 rings (SSSR count). The molecule has 1 aromatic rings. The minimum absolute atomic E-state index is 0.718. The topological polar surface area (TPSA) is 57.5 Å². The Morgan fingerprint density at radius 1 is 1.00 bits per heavy atom. The lowest BCUT2D eigenvalue weighted by atomic mass is 9.78. The standard InChI is InChI=1S/C8H5BF4O3/c1-2(14)3-5(10)7(12)4(9(15)16)8(13)6(3)11/h15-16H,1H3. The zero-order chi connectivity index (χ0) is 12.6. The van der Waals surface area contributed by atoms with Gasteiger partial charge in [-0.25, -0.2) is 17.6 Å². The van der Waals surface area contributed by atoms with Gasteiger partial charge in [-0.3, -0.25) is 4.79 Å². The summed E-state index contributed by atoms with van der Waals surface area (Å²) in [4.78, 5) is 10.7. The number of carbonyl (C=O) groups excluding carboxylic acids is 1. The van der Waals surface area contributed by atoms with Crippen LogP contribution in [0.1, 0.15) is 17.3 Å². The van der Waals surface area contributed by atoms with Gasteiger partial charge in [-0.1, -0.05) is 0 Å². The summed E-state index contributed by atoms with van der Waals surface area (Å²) < 4.78 is 52.3. The van der Waals surface area contributed by atoms with Crippen molar-refractivity contribution in [1.82, 2.24) is 0 Å². The van der Waals surface area contributed by atoms with E-state index in [0.717, 1.165) is 6.92 Å². The average molecular weight is 236 g/mol. The number of hydrogen-bond donors (Lipinski definition) is 2. The molecule has 1 aromatic carbocycles. The molecule has 0 aliphatic heterocycles. The van der Waals surface area contributed by atoms with Crippen molar-refractivity contribution in [1.29, 1.82) is 0 Å². The summed E-state index contributed by atoms with van der Waals surface area (Å²) in [5.41, 5.74) is -2.96. The highest BCUT2D eigenvalue weighted by Crippen LogP contribution is 2.18. The van der Waals surface area contributed by atoms with Crippen LogP contribution in [0.3, 0.4) is 0 Å². The first-order valence-electron chi connectivity index (χ1n) is 4.02. The molecule has 0 aromatic heterocycles. The minimum Gasteiger partial charge on any atom is -0.423 e. The lowest BCUT2D eigenvalue weighted by molar-refractivity contribution is 0.100. The van der Waals surface area contributed by atoms with Crippen LogP contribution in [-0.4, -0.2) is 22.9 Å². The van der Waals surface area contributed by atoms with Crippen molar-refractivity contribution in [2.24, 2.45) is 0 Å². The Labute approximate surface area is 87.5 Å². The summed E-state index contributed by atoms with van der Waals surface area (Å²) in [6.45, 7) is 0.718. The van der Waals surface area contributed by atoms with Crippen molar-refractivity contribution in [2.45, 2.75) is 6.92 Å². The fourth-order valence-electron chi connectivity index (χ4n) is 1.18. The molecule has 0 amide bonds. The normalized spacial score (nSPS) is 10.4. The zero-order valence-electron chi connectivity index (χ0n) is 7.89. The second-order valence-electron chi connectivity index (χ2n) is 2.97. The fraction of sp³-hybridized carbons (Fsp3) is 0.125. The van der Waals surface area contributed by atoms with Crippen LogP contribution in [0.25, 0.3) is 0 Å². The molecule has 16 heavy (non-hydrogen) atoms. The maximum atomic E-state index is 13.1. The van der Waals surface area contributed by atoms with E-state index in [0.29, 0.717) is 0 Å². The van der Waals surface area contributed by atoms with E-state index in [9.17, 15) is 22.4 Å². The van der Waals surface area contributed by atoms with Crippen molar-refractivity contribution in [3.05, 3.63) is 28.8 Å². The molecular formula is C8H5BF4O3. The van der Waals surface area contributed by atoms with Crippen molar-refractivity contribution < 1.29 is 32.4 Å². The van der Waals surface area contributed by atoms with E-state index in [4.69, 9.17) is 10.0 Å². The van der Waals surface area contributed by atoms with Gasteiger partial charge in [0.2, 0.25) is 0 Å². The van der Waals surface area contributed by atoms with Crippen LogP contribution in [0.5, 0.6) is 0 Å². The SMILES string of the molecule is CC(=O)c1c(F)c(F)c(B(O)O)c(F)c1F. The predicted molar refractivity (Wildman–Crippen MR) is 46.1 cm³/mol. The molecule has 0 heterocycles. The molecule has 0 aliphatic carbocycles. The molecule has 0 saturated heterocycles. The maximum absolute atomic E-state index is 13.1. The van der Waals surface area contributed by atoms with Gasteiger partial charge in [0, 0.05) is 0 Å². The fourth-order valence-corrected chi connectivity index (χ4v) is 1.18. The van der Waals surface area contributed by atoms with E-state index in [1.807, 2.05) is 0 Å². The Bertz CT molecular complexity index is 432. The summed E-state index contributed by atoms with van der Waals surface area (Å²) in [6, 6.07) is 0. The van der Waals surface area contributed by atoms with Gasteiger partial charge in [0.05, 0.1) is 11.0 Å². The van der Waals surface area contributed by atoms with Gasteiger partial charge in [0.15, 0.2) is 29.1 Å². The van der Waals surface area contributed by atoms with Crippen LogP contribution in [0.2, 0.25) is 0 Å². The summed E-state index contributed by atoms with van der Waals surface area (Å²) in [5, 5.41) is 17.0. The monoisotopic (exact) mass is 236 g/mol. The highest BCUT2D eigenvalue weighted by atomic mass is 19.2. The van der Waals surface area contributed by atoms with E-state index >= 15 is 0 Å². The number of halogens is 4. The number of ketones is 1. The number of carbonyl (C=O) groups is 1. The Morgan fingerprint density at radius 2 is 1.38 bits per heavy atom. The molecular weight excluding hydrogens is 231 g/mol. The van der Waals surface area contributed by atoms with E-state index in [-0.39, 0.29) is 0 Å². The first-order chi connectivity index (χ1) is 7.29. The maximum Gasteiger partial charge on any atom is 0.494 e. The predicted octanol–water partition coefficient (Wildman–Crippen LogP) is 0.125. The Hall–Kier alpha value is -1.41. The van der Waals surface area contributed by atoms with Gasteiger partial charge in [-0.05, 0) is 6.92 Å². The zero-order valence-corrected chi connectivity index (χ0v) is 7.89. The number of benzene rings is 1. The van der Waals surface area contributed by atoms with E-state index in [1.165, 1.54) is 0 Å². The van der Waals surface area contributed by atoms with Gasteiger partial charge < -0.3 is 10.0 Å². The summed E-state index contributed by atoms with van der Waals surface area (Å²) in [6.07, 6.45) is 0. The van der Waals surface area contributed by atoms with Gasteiger partial charge in [-0.15, -0.1) is 0 Å². The molecule has 0 fully saturated rings. The summed E-state index contributed by atoms with van der Waals surface area (Å²) in [5.74, 6) is -9.12. The van der Waals surface area contributed by atoms with Crippen molar-refractivity contribution in [3.8, 4) is 0 Å². The number of Topliss-reactive ketones (excluding diaryl/α,β-unsaturated/α-hetero) is 1. The molecule has 0 bridgehead atoms. The smallest absolute Gasteiger partial charge is 0.423 e. The molecule has 0 saturated carbocycles. The molecule has 3 nitrogen and oxygen atoms in total. The second kappa shape index (κ2) is 4.22. The van der Waals surface area contributed by atoms with Gasteiger partial charge >= 0.3 is 7.12 Å². The van der Waals surface area contributed by atoms with Crippen LogP contribution in [0.15, 0.2) is 0 Å². The van der Waals surface area contributed by atoms with Crippen molar-refractivity contribution >= 4 is 18.4 Å². The first-order valence-corrected chi connectivity index (χ1v) is 4.02. The molecule has 0 unspecified atom stereocenters. The minimum atomic E-state index is -2.72. The first kappa shape index (κ1) is 12.7. The van der Waals surface area contributed by atoms with Gasteiger partial charge in [0.1, 0.15) is 0 Å². The average Bonchev–Trinajstić information content (AvgIpc) is 2.14. The quantitative estimate of drug-likeness (QED) is 0.332.